The van der Waals surface area contributed by atoms with Crippen LogP contribution >= 0.6 is 0 Å². The summed E-state index contributed by atoms with van der Waals surface area (Å²) in [6, 6.07) is 14.9. The monoisotopic (exact) mass is 388 g/mol. The Labute approximate surface area is 108 Å². The zero-order valence-electron chi connectivity index (χ0n) is 8.35. The van der Waals surface area contributed by atoms with Crippen LogP contribution in [0.2, 0.25) is 0 Å². The van der Waals surface area contributed by atoms with Gasteiger partial charge in [-0.15, -0.1) is 5.69 Å². The van der Waals surface area contributed by atoms with Crippen molar-refractivity contribution >= 4 is 17.2 Å². The molecule has 16 heavy (non-hydrogen) atoms. The van der Waals surface area contributed by atoms with Crippen molar-refractivity contribution in [3.8, 4) is 0 Å². The predicted octanol–water partition coefficient (Wildman–Crippen LogP) is 2.56. The van der Waals surface area contributed by atoms with Gasteiger partial charge in [-0.2, -0.15) is 37.0 Å². The number of nitrogens with zero attached hydrogens (tertiary/aromatic N) is 2. The summed E-state index contributed by atoms with van der Waals surface area (Å²) in [5, 5.41) is 3.17. The van der Waals surface area contributed by atoms with E-state index in [-0.39, 0.29) is 20.1 Å². The number of hydrogen-bond donors (Lipinski definition) is 1. The van der Waals surface area contributed by atoms with Crippen molar-refractivity contribution < 1.29 is 20.1 Å². The molecule has 0 unspecified atom stereocenters. The molecule has 0 spiro atoms. The maximum atomic E-state index is 4.33. The van der Waals surface area contributed by atoms with Crippen LogP contribution in [-0.4, -0.2) is 4.98 Å². The summed E-state index contributed by atoms with van der Waals surface area (Å²) in [6.45, 7) is 1.89. The molecule has 0 bridgehead atoms. The van der Waals surface area contributed by atoms with Crippen LogP contribution in [0.4, 0.5) is 17.2 Å². The molecule has 0 aliphatic carbocycles. The van der Waals surface area contributed by atoms with Crippen LogP contribution in [0, 0.1) is 12.7 Å². The smallest absolute Gasteiger partial charge is 0.124 e. The van der Waals surface area contributed by atoms with E-state index >= 15 is 0 Å². The second-order valence-corrected chi connectivity index (χ2v) is 3.27. The number of para-hydroxylation sites is 1. The number of pyridine rings is 1. The number of benzene rings is 1. The molecule has 0 fully saturated rings. The fourth-order valence-electron chi connectivity index (χ4n) is 1.61. The quantitative estimate of drug-likeness (QED) is 0.763. The Balaban J connectivity index is 0.000000963. The molecular weight excluding hydrogens is 378 g/mol. The first-order valence-corrected chi connectivity index (χ1v) is 4.76. The van der Waals surface area contributed by atoms with Crippen LogP contribution in [0.25, 0.3) is 0 Å². The molecule has 4 heteroatoms. The average Bonchev–Trinajstić information content (AvgIpc) is 2.74. The number of fused-ring (bicyclic) bond motifs is 1. The summed E-state index contributed by atoms with van der Waals surface area (Å²) in [5.41, 5.74) is 2.01. The van der Waals surface area contributed by atoms with Gasteiger partial charge in [-0.25, -0.2) is 4.98 Å². The molecule has 2 heterocycles. The predicted molar refractivity (Wildman–Crippen MR) is 59.6 cm³/mol. The number of hydrogen-bond acceptors (Lipinski definition) is 3. The first-order chi connectivity index (χ1) is 7.45. The first kappa shape index (κ1) is 11.1. The molecular formula is C12H9IrN3-2. The summed E-state index contributed by atoms with van der Waals surface area (Å²) < 4.78 is 0. The van der Waals surface area contributed by atoms with Crippen molar-refractivity contribution in [3.63, 3.8) is 0 Å². The zero-order valence-corrected chi connectivity index (χ0v) is 10.7. The molecule has 0 saturated carbocycles. The van der Waals surface area contributed by atoms with Crippen molar-refractivity contribution in [2.75, 3.05) is 10.2 Å². The summed E-state index contributed by atoms with van der Waals surface area (Å²) in [5.74, 6) is 0.917. The molecule has 2 aromatic rings. The minimum atomic E-state index is 0. The van der Waals surface area contributed by atoms with Gasteiger partial charge >= 0.3 is 0 Å². The molecule has 0 atom stereocenters. The van der Waals surface area contributed by atoms with Crippen molar-refractivity contribution in [1.82, 2.24) is 4.98 Å². The Morgan fingerprint density at radius 1 is 1.25 bits per heavy atom. The van der Waals surface area contributed by atoms with E-state index in [0.717, 1.165) is 17.2 Å². The fourth-order valence-corrected chi connectivity index (χ4v) is 1.61. The van der Waals surface area contributed by atoms with Gasteiger partial charge in [0.1, 0.15) is 5.82 Å². The van der Waals surface area contributed by atoms with Crippen LogP contribution in [0.5, 0.6) is 0 Å². The molecule has 1 aliphatic heterocycles. The topological polar surface area (TPSA) is 28.2 Å². The van der Waals surface area contributed by atoms with E-state index in [1.807, 2.05) is 48.0 Å². The van der Waals surface area contributed by atoms with E-state index in [9.17, 15) is 0 Å². The molecule has 1 radical (unpaired) electrons. The van der Waals surface area contributed by atoms with Gasteiger partial charge in [-0.1, -0.05) is 0 Å². The van der Waals surface area contributed by atoms with Crippen LogP contribution in [0.3, 0.4) is 0 Å². The van der Waals surface area contributed by atoms with Gasteiger partial charge in [0.2, 0.25) is 0 Å². The van der Waals surface area contributed by atoms with Crippen LogP contribution in [0.1, 0.15) is 0 Å². The van der Waals surface area contributed by atoms with E-state index in [4.69, 9.17) is 0 Å². The van der Waals surface area contributed by atoms with Crippen LogP contribution in [0.15, 0.2) is 42.6 Å². The molecule has 1 N–H and O–H groups in total. The number of nitrogens with one attached hydrogen (secondary N) is 1. The Morgan fingerprint density at radius 2 is 2.19 bits per heavy atom. The van der Waals surface area contributed by atoms with Crippen LogP contribution < -0.4 is 10.2 Å². The van der Waals surface area contributed by atoms with Crippen molar-refractivity contribution in [1.29, 1.82) is 0 Å². The van der Waals surface area contributed by atoms with Gasteiger partial charge in [0.05, 0.1) is 0 Å². The van der Waals surface area contributed by atoms with E-state index in [1.54, 1.807) is 6.20 Å². The SMILES string of the molecule is [Ir].[c-]1ccccc1N1[CH-]Nc2cccnc21. The largest absolute Gasteiger partial charge is 0.513 e. The second-order valence-electron chi connectivity index (χ2n) is 3.27. The Morgan fingerprint density at radius 3 is 3.00 bits per heavy atom. The molecule has 0 saturated heterocycles. The molecule has 83 valence electrons. The van der Waals surface area contributed by atoms with Gasteiger partial charge in [0, 0.05) is 32.0 Å². The number of aromatic nitrogens is 1. The van der Waals surface area contributed by atoms with Gasteiger partial charge in [0.25, 0.3) is 0 Å². The molecule has 0 amide bonds. The maximum absolute atomic E-state index is 4.33. The van der Waals surface area contributed by atoms with Gasteiger partial charge < -0.3 is 10.2 Å². The third-order valence-electron chi connectivity index (χ3n) is 2.32. The normalized spacial score (nSPS) is 12.6. The molecule has 1 aromatic carbocycles. The molecule has 3 nitrogen and oxygen atoms in total. The van der Waals surface area contributed by atoms with E-state index < -0.39 is 0 Å². The minimum Gasteiger partial charge on any atom is -0.513 e. The summed E-state index contributed by atoms with van der Waals surface area (Å²) in [4.78, 5) is 6.31. The van der Waals surface area contributed by atoms with Gasteiger partial charge in [-0.05, 0) is 12.1 Å². The van der Waals surface area contributed by atoms with Crippen molar-refractivity contribution in [2.45, 2.75) is 0 Å². The summed E-state index contributed by atoms with van der Waals surface area (Å²) in [7, 11) is 0. The number of rotatable bonds is 1. The minimum absolute atomic E-state index is 0. The number of anilines is 3. The Hall–Kier alpha value is -1.38. The third-order valence-corrected chi connectivity index (χ3v) is 2.32. The zero-order chi connectivity index (χ0) is 10.1. The molecule has 1 aromatic heterocycles. The first-order valence-electron chi connectivity index (χ1n) is 4.76. The van der Waals surface area contributed by atoms with E-state index in [1.165, 1.54) is 0 Å². The van der Waals surface area contributed by atoms with Crippen molar-refractivity contribution in [3.05, 3.63) is 55.3 Å². The van der Waals surface area contributed by atoms with Crippen LogP contribution in [-0.2, 0) is 20.1 Å². The molecule has 3 rings (SSSR count). The summed E-state index contributed by atoms with van der Waals surface area (Å²) in [6.07, 6.45) is 1.79. The summed E-state index contributed by atoms with van der Waals surface area (Å²) >= 11 is 0. The van der Waals surface area contributed by atoms with E-state index in [2.05, 4.69) is 16.4 Å². The Bertz CT molecular complexity index is 473. The molecule has 1 aliphatic rings. The third kappa shape index (κ3) is 1.82. The fraction of sp³-hybridized carbons (Fsp3) is 0. The van der Waals surface area contributed by atoms with Gasteiger partial charge in [0.15, 0.2) is 0 Å². The standard InChI is InChI=1S/C12H9N3.Ir/c1-2-5-10(6-3-1)15-9-14-11-7-4-8-13-12(11)15;/h1-5,7-9,14H;/q-2;. The van der Waals surface area contributed by atoms with Gasteiger partial charge in [-0.3, -0.25) is 0 Å². The maximum Gasteiger partial charge on any atom is 0.124 e. The van der Waals surface area contributed by atoms with Crippen molar-refractivity contribution in [2.24, 2.45) is 0 Å². The van der Waals surface area contributed by atoms with E-state index in [0.29, 0.717) is 0 Å². The average molecular weight is 387 g/mol. The second kappa shape index (κ2) is 4.64. The Kier molecular flexibility index (Phi) is 3.22.